The molecule has 7 heteroatoms. The number of aromatic nitrogens is 2. The molecule has 1 aromatic carbocycles. The molecule has 0 amide bonds. The van der Waals surface area contributed by atoms with Crippen LogP contribution in [0, 0.1) is 19.7 Å². The molecule has 6 nitrogen and oxygen atoms in total. The lowest BCUT2D eigenvalue weighted by Crippen LogP contribution is -2.23. The maximum atomic E-state index is 13.4. The lowest BCUT2D eigenvalue weighted by Gasteiger charge is -2.22. The number of hydrogen-bond acceptors (Lipinski definition) is 5. The summed E-state index contributed by atoms with van der Waals surface area (Å²) in [6.07, 6.45) is 0. The summed E-state index contributed by atoms with van der Waals surface area (Å²) >= 11 is 0. The van der Waals surface area contributed by atoms with Crippen LogP contribution in [0.25, 0.3) is 0 Å². The van der Waals surface area contributed by atoms with Crippen LogP contribution in [0.4, 0.5) is 15.9 Å². The third kappa shape index (κ3) is 2.76. The van der Waals surface area contributed by atoms with Gasteiger partial charge in [-0.05, 0) is 37.6 Å². The minimum Gasteiger partial charge on any atom is -0.409 e. The van der Waals surface area contributed by atoms with E-state index >= 15 is 0 Å². The van der Waals surface area contributed by atoms with Crippen molar-refractivity contribution in [1.29, 1.82) is 0 Å². The first-order valence-electron chi connectivity index (χ1n) is 6.26. The monoisotopic (exact) mass is 289 g/mol. The van der Waals surface area contributed by atoms with Crippen LogP contribution in [0.1, 0.15) is 16.8 Å². The summed E-state index contributed by atoms with van der Waals surface area (Å²) in [4.78, 5) is 1.63. The first-order valence-corrected chi connectivity index (χ1v) is 6.26. The Morgan fingerprint density at radius 1 is 1.33 bits per heavy atom. The highest BCUT2D eigenvalue weighted by atomic mass is 19.1. The van der Waals surface area contributed by atoms with Gasteiger partial charge in [0.1, 0.15) is 5.82 Å². The molecule has 0 saturated heterocycles. The van der Waals surface area contributed by atoms with Crippen LogP contribution in [-0.2, 0) is 0 Å². The zero-order valence-corrected chi connectivity index (χ0v) is 12.0. The van der Waals surface area contributed by atoms with E-state index in [9.17, 15) is 4.39 Å². The number of aryl methyl sites for hydroxylation is 1. The number of anilines is 2. The van der Waals surface area contributed by atoms with Gasteiger partial charge in [-0.1, -0.05) is 11.2 Å². The standard InChI is InChI=1S/C14H16FN5O/c1-8-9(2)17-18-14(12(8)13(16)19-21)20(3)11-6-4-5-10(15)7-11/h4-7,21H,1-3H3,(H2,16,19). The van der Waals surface area contributed by atoms with E-state index in [1.807, 2.05) is 0 Å². The van der Waals surface area contributed by atoms with Crippen LogP contribution in [0.15, 0.2) is 29.4 Å². The highest BCUT2D eigenvalue weighted by Crippen LogP contribution is 2.27. The van der Waals surface area contributed by atoms with Crippen molar-refractivity contribution in [3.63, 3.8) is 0 Å². The molecule has 1 heterocycles. The van der Waals surface area contributed by atoms with Crippen LogP contribution in [0.5, 0.6) is 0 Å². The fourth-order valence-corrected chi connectivity index (χ4v) is 1.99. The van der Waals surface area contributed by atoms with Crippen LogP contribution >= 0.6 is 0 Å². The van der Waals surface area contributed by atoms with Crippen LogP contribution < -0.4 is 10.6 Å². The third-order valence-corrected chi connectivity index (χ3v) is 3.31. The van der Waals surface area contributed by atoms with Crippen molar-refractivity contribution in [1.82, 2.24) is 10.2 Å². The average molecular weight is 289 g/mol. The van der Waals surface area contributed by atoms with Gasteiger partial charge in [0.25, 0.3) is 0 Å². The largest absolute Gasteiger partial charge is 0.409 e. The van der Waals surface area contributed by atoms with E-state index in [-0.39, 0.29) is 11.7 Å². The maximum absolute atomic E-state index is 13.4. The number of hydrogen-bond donors (Lipinski definition) is 2. The maximum Gasteiger partial charge on any atom is 0.174 e. The second kappa shape index (κ2) is 5.74. The number of halogens is 1. The van der Waals surface area contributed by atoms with E-state index in [0.717, 1.165) is 5.56 Å². The molecular formula is C14H16FN5O. The molecular weight excluding hydrogens is 273 g/mol. The van der Waals surface area contributed by atoms with Crippen molar-refractivity contribution in [2.45, 2.75) is 13.8 Å². The Morgan fingerprint density at radius 3 is 2.67 bits per heavy atom. The van der Waals surface area contributed by atoms with Gasteiger partial charge < -0.3 is 15.8 Å². The van der Waals surface area contributed by atoms with Crippen LogP contribution in [-0.4, -0.2) is 28.3 Å². The van der Waals surface area contributed by atoms with Gasteiger partial charge >= 0.3 is 0 Å². The Hall–Kier alpha value is -2.70. The molecule has 110 valence electrons. The first-order chi connectivity index (χ1) is 9.95. The molecule has 21 heavy (non-hydrogen) atoms. The zero-order valence-electron chi connectivity index (χ0n) is 12.0. The van der Waals surface area contributed by atoms with E-state index in [0.29, 0.717) is 22.8 Å². The molecule has 0 aliphatic heterocycles. The number of amidine groups is 1. The molecule has 0 radical (unpaired) electrons. The van der Waals surface area contributed by atoms with E-state index in [2.05, 4.69) is 15.4 Å². The second-order valence-corrected chi connectivity index (χ2v) is 4.63. The molecule has 0 fully saturated rings. The van der Waals surface area contributed by atoms with E-state index < -0.39 is 0 Å². The SMILES string of the molecule is Cc1nnc(N(C)c2cccc(F)c2)c(C(N)=NO)c1C. The summed E-state index contributed by atoms with van der Waals surface area (Å²) in [6.45, 7) is 3.59. The summed E-state index contributed by atoms with van der Waals surface area (Å²) in [5.41, 5.74) is 8.22. The van der Waals surface area contributed by atoms with E-state index in [4.69, 9.17) is 10.9 Å². The topological polar surface area (TPSA) is 87.6 Å². The molecule has 0 unspecified atom stereocenters. The van der Waals surface area contributed by atoms with Gasteiger partial charge in [-0.3, -0.25) is 0 Å². The lowest BCUT2D eigenvalue weighted by atomic mass is 10.1. The predicted molar refractivity (Wildman–Crippen MR) is 78.5 cm³/mol. The third-order valence-electron chi connectivity index (χ3n) is 3.31. The lowest BCUT2D eigenvalue weighted by molar-refractivity contribution is 0.318. The number of nitrogens with two attached hydrogens (primary N) is 1. The van der Waals surface area contributed by atoms with Gasteiger partial charge in [0.05, 0.1) is 11.3 Å². The zero-order chi connectivity index (χ0) is 15.6. The molecule has 3 N–H and O–H groups in total. The fourth-order valence-electron chi connectivity index (χ4n) is 1.99. The van der Waals surface area contributed by atoms with Gasteiger partial charge in [-0.2, -0.15) is 5.10 Å². The predicted octanol–water partition coefficient (Wildman–Crippen LogP) is 2.09. The van der Waals surface area contributed by atoms with Gasteiger partial charge in [-0.25, -0.2) is 4.39 Å². The highest BCUT2D eigenvalue weighted by molar-refractivity contribution is 6.03. The Morgan fingerprint density at radius 2 is 2.05 bits per heavy atom. The van der Waals surface area contributed by atoms with Crippen LogP contribution in [0.2, 0.25) is 0 Å². The van der Waals surface area contributed by atoms with Crippen molar-refractivity contribution in [2.24, 2.45) is 10.9 Å². The average Bonchev–Trinajstić information content (AvgIpc) is 2.48. The van der Waals surface area contributed by atoms with Gasteiger partial charge in [0.2, 0.25) is 0 Å². The van der Waals surface area contributed by atoms with Crippen molar-refractivity contribution in [2.75, 3.05) is 11.9 Å². The van der Waals surface area contributed by atoms with E-state index in [1.165, 1.54) is 12.1 Å². The van der Waals surface area contributed by atoms with E-state index in [1.54, 1.807) is 37.9 Å². The van der Waals surface area contributed by atoms with Crippen molar-refractivity contribution < 1.29 is 9.60 Å². The van der Waals surface area contributed by atoms with Crippen molar-refractivity contribution >= 4 is 17.3 Å². The molecule has 0 aliphatic carbocycles. The van der Waals surface area contributed by atoms with Gasteiger partial charge in [-0.15, -0.1) is 5.10 Å². The molecule has 0 bridgehead atoms. The summed E-state index contributed by atoms with van der Waals surface area (Å²) in [5.74, 6) is -0.0377. The second-order valence-electron chi connectivity index (χ2n) is 4.63. The number of benzene rings is 1. The molecule has 0 aliphatic rings. The Kier molecular flexibility index (Phi) is 4.02. The minimum atomic E-state index is -0.360. The molecule has 0 spiro atoms. The summed E-state index contributed by atoms with van der Waals surface area (Å²) in [5, 5.41) is 20.1. The smallest absolute Gasteiger partial charge is 0.174 e. The summed E-state index contributed by atoms with van der Waals surface area (Å²) in [6, 6.07) is 6.05. The van der Waals surface area contributed by atoms with Crippen molar-refractivity contribution in [3.05, 3.63) is 46.9 Å². The molecule has 1 aromatic heterocycles. The molecule has 2 aromatic rings. The molecule has 0 saturated carbocycles. The quantitative estimate of drug-likeness (QED) is 0.391. The Balaban J connectivity index is 2.61. The normalized spacial score (nSPS) is 11.5. The summed E-state index contributed by atoms with van der Waals surface area (Å²) < 4.78 is 13.4. The Labute approximate surface area is 121 Å². The minimum absolute atomic E-state index is 0.0660. The first kappa shape index (κ1) is 14.7. The van der Waals surface area contributed by atoms with Gasteiger partial charge in [0.15, 0.2) is 11.7 Å². The highest BCUT2D eigenvalue weighted by Gasteiger charge is 2.19. The Bertz CT molecular complexity index is 702. The fraction of sp³-hybridized carbons (Fsp3) is 0.214. The number of nitrogens with zero attached hydrogens (tertiary/aromatic N) is 4. The van der Waals surface area contributed by atoms with Gasteiger partial charge in [0, 0.05) is 12.7 Å². The van der Waals surface area contributed by atoms with Crippen LogP contribution in [0.3, 0.4) is 0 Å². The number of rotatable bonds is 3. The number of oxime groups is 1. The molecule has 0 atom stereocenters. The molecule has 2 rings (SSSR count). The van der Waals surface area contributed by atoms with Crippen molar-refractivity contribution in [3.8, 4) is 0 Å². The summed E-state index contributed by atoms with van der Waals surface area (Å²) in [7, 11) is 1.71.